The van der Waals surface area contributed by atoms with Crippen LogP contribution in [0.5, 0.6) is 5.75 Å². The predicted octanol–water partition coefficient (Wildman–Crippen LogP) is 4.32. The Bertz CT molecular complexity index is 643. The number of rotatable bonds is 2. The lowest BCUT2D eigenvalue weighted by Crippen LogP contribution is -2.13. The molecule has 0 aliphatic heterocycles. The number of hydrogen-bond acceptors (Lipinski definition) is 2. The third kappa shape index (κ3) is 3.48. The SMILES string of the molecule is Cc1cc(O)ccc1NC(=O)c1cc(I)ccc1Br. The average molecular weight is 432 g/mol. The largest absolute Gasteiger partial charge is 0.508 e. The highest BCUT2D eigenvalue weighted by Crippen LogP contribution is 2.23. The molecule has 2 aromatic rings. The van der Waals surface area contributed by atoms with Gasteiger partial charge in [-0.2, -0.15) is 0 Å². The van der Waals surface area contributed by atoms with Gasteiger partial charge in [-0.3, -0.25) is 4.79 Å². The number of carbonyl (C=O) groups excluding carboxylic acids is 1. The van der Waals surface area contributed by atoms with Crippen LogP contribution in [0.1, 0.15) is 15.9 Å². The Kier molecular flexibility index (Phi) is 4.46. The van der Waals surface area contributed by atoms with Crippen LogP contribution in [0.25, 0.3) is 0 Å². The molecule has 2 N–H and O–H groups in total. The van der Waals surface area contributed by atoms with Gasteiger partial charge >= 0.3 is 0 Å². The second kappa shape index (κ2) is 5.92. The predicted molar refractivity (Wildman–Crippen MR) is 87.7 cm³/mol. The molecule has 0 aliphatic carbocycles. The fourth-order valence-electron chi connectivity index (χ4n) is 1.65. The van der Waals surface area contributed by atoms with Crippen molar-refractivity contribution < 1.29 is 9.90 Å². The molecule has 0 heterocycles. The normalized spacial score (nSPS) is 10.3. The number of phenols is 1. The molecule has 0 unspecified atom stereocenters. The molecule has 2 rings (SSSR count). The smallest absolute Gasteiger partial charge is 0.256 e. The standard InChI is InChI=1S/C14H11BrINO2/c1-8-6-10(18)3-5-13(8)17-14(19)11-7-9(16)2-4-12(11)15/h2-7,18H,1H3,(H,17,19). The number of carbonyl (C=O) groups is 1. The summed E-state index contributed by atoms with van der Waals surface area (Å²) in [5.74, 6) is 0.00474. The van der Waals surface area contributed by atoms with Crippen molar-refractivity contribution in [2.24, 2.45) is 0 Å². The van der Waals surface area contributed by atoms with Crippen LogP contribution >= 0.6 is 38.5 Å². The van der Waals surface area contributed by atoms with E-state index in [0.717, 1.165) is 13.6 Å². The van der Waals surface area contributed by atoms with Crippen LogP contribution in [0.4, 0.5) is 5.69 Å². The maximum atomic E-state index is 12.2. The highest BCUT2D eigenvalue weighted by molar-refractivity contribution is 14.1. The molecule has 0 spiro atoms. The highest BCUT2D eigenvalue weighted by atomic mass is 127. The maximum Gasteiger partial charge on any atom is 0.256 e. The van der Waals surface area contributed by atoms with E-state index in [1.807, 2.05) is 25.1 Å². The van der Waals surface area contributed by atoms with Crippen LogP contribution in [0.3, 0.4) is 0 Å². The van der Waals surface area contributed by atoms with E-state index in [1.54, 1.807) is 18.2 Å². The van der Waals surface area contributed by atoms with Crippen LogP contribution < -0.4 is 5.32 Å². The summed E-state index contributed by atoms with van der Waals surface area (Å²) in [6.45, 7) is 1.83. The van der Waals surface area contributed by atoms with Crippen molar-refractivity contribution in [1.29, 1.82) is 0 Å². The Morgan fingerprint density at radius 1 is 1.26 bits per heavy atom. The molecule has 1 amide bonds. The fourth-order valence-corrected chi connectivity index (χ4v) is 2.57. The van der Waals surface area contributed by atoms with Crippen LogP contribution in [0, 0.1) is 10.5 Å². The number of anilines is 1. The first-order chi connectivity index (χ1) is 8.97. The van der Waals surface area contributed by atoms with Crippen LogP contribution in [0.15, 0.2) is 40.9 Å². The van der Waals surface area contributed by atoms with Gasteiger partial charge in [-0.05, 0) is 87.4 Å². The number of benzene rings is 2. The molecule has 0 aliphatic rings. The topological polar surface area (TPSA) is 49.3 Å². The zero-order chi connectivity index (χ0) is 14.0. The zero-order valence-corrected chi connectivity index (χ0v) is 13.8. The minimum atomic E-state index is -0.181. The van der Waals surface area contributed by atoms with Crippen molar-refractivity contribution >= 4 is 50.1 Å². The van der Waals surface area contributed by atoms with E-state index in [0.29, 0.717) is 11.3 Å². The van der Waals surface area contributed by atoms with E-state index in [4.69, 9.17) is 0 Å². The van der Waals surface area contributed by atoms with Crippen molar-refractivity contribution in [3.63, 3.8) is 0 Å². The molecule has 0 saturated heterocycles. The first-order valence-electron chi connectivity index (χ1n) is 5.53. The molecule has 0 atom stereocenters. The van der Waals surface area contributed by atoms with Gasteiger partial charge in [-0.15, -0.1) is 0 Å². The van der Waals surface area contributed by atoms with E-state index in [-0.39, 0.29) is 11.7 Å². The summed E-state index contributed by atoms with van der Waals surface area (Å²) in [5, 5.41) is 12.2. The molecule has 2 aromatic carbocycles. The van der Waals surface area contributed by atoms with Gasteiger partial charge in [0.2, 0.25) is 0 Å². The lowest BCUT2D eigenvalue weighted by atomic mass is 10.1. The number of nitrogens with one attached hydrogen (secondary N) is 1. The molecule has 3 nitrogen and oxygen atoms in total. The van der Waals surface area contributed by atoms with Gasteiger partial charge in [-0.1, -0.05) is 0 Å². The second-order valence-corrected chi connectivity index (χ2v) is 6.18. The number of aryl methyl sites for hydroxylation is 1. The third-order valence-corrected chi connectivity index (χ3v) is 3.99. The number of amides is 1. The first-order valence-corrected chi connectivity index (χ1v) is 7.40. The van der Waals surface area contributed by atoms with Gasteiger partial charge in [-0.25, -0.2) is 0 Å². The van der Waals surface area contributed by atoms with E-state index in [2.05, 4.69) is 43.8 Å². The van der Waals surface area contributed by atoms with Crippen molar-refractivity contribution in [3.05, 3.63) is 55.6 Å². The Morgan fingerprint density at radius 2 is 2.00 bits per heavy atom. The Hall–Kier alpha value is -1.08. The Balaban J connectivity index is 2.28. The summed E-state index contributed by atoms with van der Waals surface area (Å²) in [6, 6.07) is 10.4. The van der Waals surface area contributed by atoms with E-state index < -0.39 is 0 Å². The minimum absolute atomic E-state index is 0.181. The zero-order valence-electron chi connectivity index (χ0n) is 10.1. The number of aromatic hydroxyl groups is 1. The van der Waals surface area contributed by atoms with Gasteiger partial charge in [0, 0.05) is 13.7 Å². The van der Waals surface area contributed by atoms with Crippen molar-refractivity contribution in [2.45, 2.75) is 6.92 Å². The molecule has 19 heavy (non-hydrogen) atoms. The molecular weight excluding hydrogens is 421 g/mol. The van der Waals surface area contributed by atoms with Crippen LogP contribution in [-0.2, 0) is 0 Å². The summed E-state index contributed by atoms with van der Waals surface area (Å²) in [4.78, 5) is 12.2. The van der Waals surface area contributed by atoms with Crippen molar-refractivity contribution in [3.8, 4) is 5.75 Å². The fraction of sp³-hybridized carbons (Fsp3) is 0.0714. The maximum absolute atomic E-state index is 12.2. The quantitative estimate of drug-likeness (QED) is 0.549. The van der Waals surface area contributed by atoms with Crippen LogP contribution in [0.2, 0.25) is 0 Å². The first kappa shape index (κ1) is 14.3. The van der Waals surface area contributed by atoms with Gasteiger partial charge < -0.3 is 10.4 Å². The Morgan fingerprint density at radius 3 is 2.68 bits per heavy atom. The molecule has 98 valence electrons. The second-order valence-electron chi connectivity index (χ2n) is 4.08. The molecule has 5 heteroatoms. The summed E-state index contributed by atoms with van der Waals surface area (Å²) >= 11 is 5.53. The molecule has 0 aromatic heterocycles. The molecule has 0 saturated carbocycles. The summed E-state index contributed by atoms with van der Waals surface area (Å²) in [7, 11) is 0. The van der Waals surface area contributed by atoms with E-state index in [9.17, 15) is 9.90 Å². The van der Waals surface area contributed by atoms with Crippen molar-refractivity contribution in [2.75, 3.05) is 5.32 Å². The third-order valence-electron chi connectivity index (χ3n) is 2.63. The van der Waals surface area contributed by atoms with Crippen molar-refractivity contribution in [1.82, 2.24) is 0 Å². The van der Waals surface area contributed by atoms with Gasteiger partial charge in [0.25, 0.3) is 5.91 Å². The highest BCUT2D eigenvalue weighted by Gasteiger charge is 2.12. The molecule has 0 radical (unpaired) electrons. The van der Waals surface area contributed by atoms with E-state index in [1.165, 1.54) is 0 Å². The minimum Gasteiger partial charge on any atom is -0.508 e. The number of phenolic OH excluding ortho intramolecular Hbond substituents is 1. The Labute approximate surface area is 133 Å². The van der Waals surface area contributed by atoms with E-state index >= 15 is 0 Å². The summed E-state index contributed by atoms with van der Waals surface area (Å²) < 4.78 is 1.75. The molecule has 0 bridgehead atoms. The monoisotopic (exact) mass is 431 g/mol. The molecular formula is C14H11BrINO2. The number of halogens is 2. The average Bonchev–Trinajstić information content (AvgIpc) is 2.35. The van der Waals surface area contributed by atoms with Gasteiger partial charge in [0.1, 0.15) is 5.75 Å². The summed E-state index contributed by atoms with van der Waals surface area (Å²) in [5.41, 5.74) is 2.09. The van der Waals surface area contributed by atoms with Crippen LogP contribution in [-0.4, -0.2) is 11.0 Å². The number of hydrogen-bond donors (Lipinski definition) is 2. The summed E-state index contributed by atoms with van der Waals surface area (Å²) in [6.07, 6.45) is 0. The molecule has 0 fully saturated rings. The van der Waals surface area contributed by atoms with Gasteiger partial charge in [0.05, 0.1) is 5.56 Å². The lowest BCUT2D eigenvalue weighted by Gasteiger charge is -2.10. The van der Waals surface area contributed by atoms with Gasteiger partial charge in [0.15, 0.2) is 0 Å². The lowest BCUT2D eigenvalue weighted by molar-refractivity contribution is 0.102.